The van der Waals surface area contributed by atoms with Gasteiger partial charge < -0.3 is 4.90 Å². The Morgan fingerprint density at radius 2 is 2.00 bits per heavy atom. The van der Waals surface area contributed by atoms with Crippen molar-refractivity contribution >= 4 is 31.9 Å². The SMILES string of the molecule is C[C@@H](c1ccc(Br)cc1)N1CC(CS(N)(=O)=O)CC1=O. The molecule has 2 atom stereocenters. The lowest BCUT2D eigenvalue weighted by atomic mass is 10.1. The highest BCUT2D eigenvalue weighted by molar-refractivity contribution is 9.10. The molecule has 2 rings (SSSR count). The van der Waals surface area contributed by atoms with Crippen LogP contribution in [0, 0.1) is 5.92 Å². The van der Waals surface area contributed by atoms with E-state index < -0.39 is 10.0 Å². The molecule has 1 fully saturated rings. The largest absolute Gasteiger partial charge is 0.336 e. The molecule has 1 unspecified atom stereocenters. The molecule has 1 aliphatic rings. The first-order valence-electron chi connectivity index (χ1n) is 6.31. The van der Waals surface area contributed by atoms with E-state index in [0.29, 0.717) is 6.54 Å². The van der Waals surface area contributed by atoms with Gasteiger partial charge in [0, 0.05) is 23.4 Å². The van der Waals surface area contributed by atoms with E-state index in [4.69, 9.17) is 5.14 Å². The predicted molar refractivity (Wildman–Crippen MR) is 80.4 cm³/mol. The monoisotopic (exact) mass is 360 g/mol. The molecule has 1 aromatic carbocycles. The van der Waals surface area contributed by atoms with Gasteiger partial charge in [-0.2, -0.15) is 0 Å². The zero-order valence-corrected chi connectivity index (χ0v) is 13.5. The summed E-state index contributed by atoms with van der Waals surface area (Å²) in [5.41, 5.74) is 1.03. The minimum Gasteiger partial charge on any atom is -0.336 e. The molecule has 1 amide bonds. The second-order valence-electron chi connectivity index (χ2n) is 5.17. The van der Waals surface area contributed by atoms with E-state index in [-0.39, 0.29) is 30.0 Å². The van der Waals surface area contributed by atoms with Crippen LogP contribution in [-0.4, -0.2) is 31.5 Å². The molecule has 7 heteroatoms. The molecule has 0 bridgehead atoms. The van der Waals surface area contributed by atoms with Crippen LogP contribution in [0.25, 0.3) is 0 Å². The molecule has 1 aromatic rings. The van der Waals surface area contributed by atoms with Crippen LogP contribution < -0.4 is 5.14 Å². The van der Waals surface area contributed by atoms with E-state index in [1.54, 1.807) is 4.90 Å². The van der Waals surface area contributed by atoms with E-state index in [2.05, 4.69) is 15.9 Å². The van der Waals surface area contributed by atoms with E-state index in [0.717, 1.165) is 10.0 Å². The first-order chi connectivity index (χ1) is 9.26. The van der Waals surface area contributed by atoms with Crippen LogP contribution in [0.1, 0.15) is 24.9 Å². The number of rotatable bonds is 4. The molecule has 20 heavy (non-hydrogen) atoms. The highest BCUT2D eigenvalue weighted by Crippen LogP contribution is 2.29. The van der Waals surface area contributed by atoms with Crippen molar-refractivity contribution < 1.29 is 13.2 Å². The van der Waals surface area contributed by atoms with Crippen molar-refractivity contribution in [3.05, 3.63) is 34.3 Å². The van der Waals surface area contributed by atoms with E-state index in [9.17, 15) is 13.2 Å². The lowest BCUT2D eigenvalue weighted by Crippen LogP contribution is -2.30. The maximum atomic E-state index is 12.0. The molecule has 0 aliphatic carbocycles. The molecule has 2 N–H and O–H groups in total. The smallest absolute Gasteiger partial charge is 0.223 e. The summed E-state index contributed by atoms with van der Waals surface area (Å²) in [6.07, 6.45) is 0.247. The number of primary sulfonamides is 1. The Balaban J connectivity index is 2.09. The predicted octanol–water partition coefficient (Wildman–Crippen LogP) is 1.65. The number of benzene rings is 1. The van der Waals surface area contributed by atoms with Crippen molar-refractivity contribution in [3.8, 4) is 0 Å². The van der Waals surface area contributed by atoms with Gasteiger partial charge in [-0.15, -0.1) is 0 Å². The summed E-state index contributed by atoms with van der Waals surface area (Å²) in [7, 11) is -3.54. The third kappa shape index (κ3) is 3.80. The number of halogens is 1. The maximum Gasteiger partial charge on any atom is 0.223 e. The van der Waals surface area contributed by atoms with Gasteiger partial charge in [0.1, 0.15) is 0 Å². The number of sulfonamides is 1. The zero-order chi connectivity index (χ0) is 14.9. The van der Waals surface area contributed by atoms with E-state index in [1.165, 1.54) is 0 Å². The molecule has 1 saturated heterocycles. The Morgan fingerprint density at radius 3 is 2.55 bits per heavy atom. The van der Waals surface area contributed by atoms with Gasteiger partial charge >= 0.3 is 0 Å². The number of likely N-dealkylation sites (tertiary alicyclic amines) is 1. The van der Waals surface area contributed by atoms with E-state index in [1.807, 2.05) is 31.2 Å². The number of hydrogen-bond acceptors (Lipinski definition) is 3. The fourth-order valence-electron chi connectivity index (χ4n) is 2.54. The number of nitrogens with zero attached hydrogens (tertiary/aromatic N) is 1. The van der Waals surface area contributed by atoms with Crippen LogP contribution in [0.15, 0.2) is 28.7 Å². The van der Waals surface area contributed by atoms with Gasteiger partial charge in [0.25, 0.3) is 0 Å². The second-order valence-corrected chi connectivity index (χ2v) is 7.75. The first-order valence-corrected chi connectivity index (χ1v) is 8.82. The molecule has 0 saturated carbocycles. The number of hydrogen-bond donors (Lipinski definition) is 1. The Hall–Kier alpha value is -0.920. The van der Waals surface area contributed by atoms with Crippen molar-refractivity contribution in [2.75, 3.05) is 12.3 Å². The standard InChI is InChI=1S/C13H17BrN2O3S/c1-9(11-2-4-12(14)5-3-11)16-7-10(6-13(16)17)8-20(15,18)19/h2-5,9-10H,6-8H2,1H3,(H2,15,18,19)/t9-,10?/m0/s1. The summed E-state index contributed by atoms with van der Waals surface area (Å²) < 4.78 is 23.2. The molecule has 0 aromatic heterocycles. The lowest BCUT2D eigenvalue weighted by Gasteiger charge is -2.25. The van der Waals surface area contributed by atoms with Crippen LogP contribution in [0.4, 0.5) is 0 Å². The molecule has 1 aliphatic heterocycles. The fraction of sp³-hybridized carbons (Fsp3) is 0.462. The van der Waals surface area contributed by atoms with Gasteiger partial charge in [-0.05, 0) is 24.6 Å². The summed E-state index contributed by atoms with van der Waals surface area (Å²) in [5.74, 6) is -0.369. The van der Waals surface area contributed by atoms with Crippen molar-refractivity contribution in [2.45, 2.75) is 19.4 Å². The average molecular weight is 361 g/mol. The number of carbonyl (C=O) groups is 1. The van der Waals surface area contributed by atoms with Crippen LogP contribution in [0.3, 0.4) is 0 Å². The van der Waals surface area contributed by atoms with Crippen LogP contribution in [-0.2, 0) is 14.8 Å². The molecule has 0 radical (unpaired) electrons. The van der Waals surface area contributed by atoms with Crippen molar-refractivity contribution in [2.24, 2.45) is 11.1 Å². The van der Waals surface area contributed by atoms with Gasteiger partial charge in [-0.3, -0.25) is 4.79 Å². The molecular formula is C13H17BrN2O3S. The minimum absolute atomic E-state index is 0.0194. The molecule has 1 heterocycles. The van der Waals surface area contributed by atoms with Crippen molar-refractivity contribution in [1.82, 2.24) is 4.90 Å². The third-order valence-electron chi connectivity index (χ3n) is 3.53. The molecule has 5 nitrogen and oxygen atoms in total. The molecule has 110 valence electrons. The van der Waals surface area contributed by atoms with Crippen molar-refractivity contribution in [3.63, 3.8) is 0 Å². The Bertz CT molecular complexity index is 601. The quantitative estimate of drug-likeness (QED) is 0.886. The highest BCUT2D eigenvalue weighted by Gasteiger charge is 2.34. The second kappa shape index (κ2) is 5.83. The minimum atomic E-state index is -3.54. The van der Waals surface area contributed by atoms with Crippen LogP contribution in [0.5, 0.6) is 0 Å². The van der Waals surface area contributed by atoms with Crippen LogP contribution in [0.2, 0.25) is 0 Å². The maximum absolute atomic E-state index is 12.0. The topological polar surface area (TPSA) is 80.5 Å². The van der Waals surface area contributed by atoms with Gasteiger partial charge in [-0.25, -0.2) is 13.6 Å². The Kier molecular flexibility index (Phi) is 4.51. The zero-order valence-electron chi connectivity index (χ0n) is 11.1. The van der Waals surface area contributed by atoms with Gasteiger partial charge in [0.05, 0.1) is 11.8 Å². The summed E-state index contributed by atoms with van der Waals surface area (Å²) in [6, 6.07) is 7.69. The summed E-state index contributed by atoms with van der Waals surface area (Å²) in [4.78, 5) is 13.8. The number of nitrogens with two attached hydrogens (primary N) is 1. The number of carbonyl (C=O) groups excluding carboxylic acids is 1. The molecule has 0 spiro atoms. The summed E-state index contributed by atoms with van der Waals surface area (Å²) in [6.45, 7) is 2.38. The fourth-order valence-corrected chi connectivity index (χ4v) is 3.69. The van der Waals surface area contributed by atoms with Gasteiger partial charge in [0.15, 0.2) is 0 Å². The summed E-state index contributed by atoms with van der Waals surface area (Å²) >= 11 is 3.37. The lowest BCUT2D eigenvalue weighted by molar-refractivity contribution is -0.129. The number of amides is 1. The Morgan fingerprint density at radius 1 is 1.40 bits per heavy atom. The van der Waals surface area contributed by atoms with Gasteiger partial charge in [-0.1, -0.05) is 28.1 Å². The van der Waals surface area contributed by atoms with Crippen molar-refractivity contribution in [1.29, 1.82) is 0 Å². The Labute approximate surface area is 127 Å². The molecular weight excluding hydrogens is 344 g/mol. The third-order valence-corrected chi connectivity index (χ3v) is 4.99. The summed E-state index contributed by atoms with van der Waals surface area (Å²) in [5, 5.41) is 5.05. The van der Waals surface area contributed by atoms with Gasteiger partial charge in [0.2, 0.25) is 15.9 Å². The highest BCUT2D eigenvalue weighted by atomic mass is 79.9. The van der Waals surface area contributed by atoms with Crippen LogP contribution >= 0.6 is 15.9 Å². The average Bonchev–Trinajstić information content (AvgIpc) is 2.67. The van der Waals surface area contributed by atoms with E-state index >= 15 is 0 Å². The normalized spacial score (nSPS) is 21.2. The first kappa shape index (κ1) is 15.5.